The highest BCUT2D eigenvalue weighted by Crippen LogP contribution is 2.56. The molecule has 0 aliphatic carbocycles. The van der Waals surface area contributed by atoms with Gasteiger partial charge in [0.1, 0.15) is 11.7 Å². The zero-order valence-corrected chi connectivity index (χ0v) is 18.5. The van der Waals surface area contributed by atoms with Crippen LogP contribution in [0, 0.1) is 5.92 Å². The topological polar surface area (TPSA) is 108 Å². The van der Waals surface area contributed by atoms with Gasteiger partial charge in [-0.2, -0.15) is 0 Å². The Morgan fingerprint density at radius 2 is 1.64 bits per heavy atom. The molecule has 3 heterocycles. The minimum Gasteiger partial charge on any atom is -0.493 e. The van der Waals surface area contributed by atoms with Gasteiger partial charge in [0.15, 0.2) is 29.6 Å². The first-order valence-electron chi connectivity index (χ1n) is 10.2. The lowest BCUT2D eigenvalue weighted by Gasteiger charge is -2.41. The van der Waals surface area contributed by atoms with E-state index in [0.717, 1.165) is 0 Å². The van der Waals surface area contributed by atoms with E-state index in [1.807, 2.05) is 0 Å². The number of hydrogen-bond donors (Lipinski definition) is 0. The highest BCUT2D eigenvalue weighted by molar-refractivity contribution is 5.80. The van der Waals surface area contributed by atoms with Crippen LogP contribution in [0.3, 0.4) is 0 Å². The highest BCUT2D eigenvalue weighted by Gasteiger charge is 2.61. The SMILES string of the molecule is COc1cc([C@@H]2c3cc4c(cc3O[C@]3(OC)COC(=O)[C@H]23)OCO4)cc(OC)c1OC(C)=O. The minimum absolute atomic E-state index is 0.0722. The summed E-state index contributed by atoms with van der Waals surface area (Å²) >= 11 is 0. The fourth-order valence-corrected chi connectivity index (χ4v) is 4.57. The third kappa shape index (κ3) is 3.20. The first-order chi connectivity index (χ1) is 15.9. The molecule has 3 atom stereocenters. The average Bonchev–Trinajstić information content (AvgIpc) is 3.40. The molecule has 0 unspecified atom stereocenters. The van der Waals surface area contributed by atoms with Crippen LogP contribution in [0.2, 0.25) is 0 Å². The van der Waals surface area contributed by atoms with E-state index in [-0.39, 0.29) is 30.6 Å². The Bertz CT molecular complexity index is 1120. The second kappa shape index (κ2) is 7.73. The molecule has 0 bridgehead atoms. The van der Waals surface area contributed by atoms with Crippen molar-refractivity contribution in [3.8, 4) is 34.5 Å². The van der Waals surface area contributed by atoms with E-state index in [9.17, 15) is 9.59 Å². The second-order valence-corrected chi connectivity index (χ2v) is 7.77. The quantitative estimate of drug-likeness (QED) is 0.490. The van der Waals surface area contributed by atoms with Crippen molar-refractivity contribution in [2.75, 3.05) is 34.7 Å². The molecule has 0 spiro atoms. The zero-order valence-electron chi connectivity index (χ0n) is 18.5. The van der Waals surface area contributed by atoms with E-state index < -0.39 is 29.6 Å². The maximum Gasteiger partial charge on any atom is 0.317 e. The third-order valence-corrected chi connectivity index (χ3v) is 6.03. The Hall–Kier alpha value is -3.66. The summed E-state index contributed by atoms with van der Waals surface area (Å²) in [5.74, 6) is -1.52. The Balaban J connectivity index is 1.74. The molecule has 0 radical (unpaired) electrons. The van der Waals surface area contributed by atoms with Crippen LogP contribution in [-0.4, -0.2) is 52.5 Å². The maximum atomic E-state index is 13.0. The van der Waals surface area contributed by atoms with Crippen LogP contribution in [0.15, 0.2) is 24.3 Å². The molecule has 5 rings (SSSR count). The van der Waals surface area contributed by atoms with Crippen LogP contribution >= 0.6 is 0 Å². The molecule has 174 valence electrons. The van der Waals surface area contributed by atoms with Crippen molar-refractivity contribution < 1.29 is 47.5 Å². The lowest BCUT2D eigenvalue weighted by atomic mass is 9.75. The van der Waals surface area contributed by atoms with Crippen LogP contribution in [-0.2, 0) is 19.1 Å². The molecule has 3 aliphatic rings. The van der Waals surface area contributed by atoms with E-state index in [2.05, 4.69) is 0 Å². The predicted octanol–water partition coefficient (Wildman–Crippen LogP) is 2.40. The smallest absolute Gasteiger partial charge is 0.317 e. The molecule has 33 heavy (non-hydrogen) atoms. The lowest BCUT2D eigenvalue weighted by Crippen LogP contribution is -2.51. The van der Waals surface area contributed by atoms with Crippen LogP contribution < -0.4 is 28.4 Å². The molecule has 3 aliphatic heterocycles. The number of fused-ring (bicyclic) bond motifs is 3. The third-order valence-electron chi connectivity index (χ3n) is 6.03. The van der Waals surface area contributed by atoms with Gasteiger partial charge in [-0.3, -0.25) is 9.59 Å². The number of carbonyl (C=O) groups excluding carboxylic acids is 2. The number of hydrogen-bond acceptors (Lipinski definition) is 10. The van der Waals surface area contributed by atoms with Crippen molar-refractivity contribution in [3.63, 3.8) is 0 Å². The summed E-state index contributed by atoms with van der Waals surface area (Å²) in [6.45, 7) is 1.30. The van der Waals surface area contributed by atoms with Gasteiger partial charge >= 0.3 is 11.9 Å². The fourth-order valence-electron chi connectivity index (χ4n) is 4.57. The molecule has 1 saturated heterocycles. The van der Waals surface area contributed by atoms with Gasteiger partial charge in [-0.25, -0.2) is 0 Å². The van der Waals surface area contributed by atoms with Gasteiger partial charge in [0.05, 0.1) is 14.2 Å². The molecular formula is C23H22O10. The van der Waals surface area contributed by atoms with Gasteiger partial charge in [0.2, 0.25) is 12.5 Å². The van der Waals surface area contributed by atoms with Crippen molar-refractivity contribution in [3.05, 3.63) is 35.4 Å². The molecule has 0 aromatic heterocycles. The summed E-state index contributed by atoms with van der Waals surface area (Å²) in [6, 6.07) is 6.88. The Morgan fingerprint density at radius 3 is 2.24 bits per heavy atom. The number of cyclic esters (lactones) is 1. The Labute approximate surface area is 189 Å². The van der Waals surface area contributed by atoms with E-state index in [0.29, 0.717) is 28.4 Å². The van der Waals surface area contributed by atoms with Crippen LogP contribution in [0.1, 0.15) is 24.0 Å². The lowest BCUT2D eigenvalue weighted by molar-refractivity contribution is -0.195. The number of ether oxygens (including phenoxy) is 8. The van der Waals surface area contributed by atoms with Crippen LogP contribution in [0.5, 0.6) is 34.5 Å². The van der Waals surface area contributed by atoms with Gasteiger partial charge < -0.3 is 37.9 Å². The number of methoxy groups -OCH3 is 3. The highest BCUT2D eigenvalue weighted by atomic mass is 16.7. The van der Waals surface area contributed by atoms with E-state index in [1.54, 1.807) is 24.3 Å². The molecule has 2 aromatic carbocycles. The summed E-state index contributed by atoms with van der Waals surface area (Å²) in [6.07, 6.45) is 0. The van der Waals surface area contributed by atoms with Crippen molar-refractivity contribution in [2.24, 2.45) is 5.92 Å². The molecule has 0 N–H and O–H groups in total. The largest absolute Gasteiger partial charge is 0.493 e. The van der Waals surface area contributed by atoms with Gasteiger partial charge in [-0.15, -0.1) is 0 Å². The summed E-state index contributed by atoms with van der Waals surface area (Å²) in [5.41, 5.74) is 1.33. The summed E-state index contributed by atoms with van der Waals surface area (Å²) < 4.78 is 44.7. The van der Waals surface area contributed by atoms with Crippen LogP contribution in [0.4, 0.5) is 0 Å². The summed E-state index contributed by atoms with van der Waals surface area (Å²) in [7, 11) is 4.37. The summed E-state index contributed by atoms with van der Waals surface area (Å²) in [4.78, 5) is 24.6. The van der Waals surface area contributed by atoms with Crippen molar-refractivity contribution in [1.29, 1.82) is 0 Å². The number of carbonyl (C=O) groups is 2. The van der Waals surface area contributed by atoms with E-state index >= 15 is 0 Å². The number of rotatable bonds is 5. The molecule has 0 saturated carbocycles. The fraction of sp³-hybridized carbons (Fsp3) is 0.391. The van der Waals surface area contributed by atoms with Gasteiger partial charge in [0.25, 0.3) is 5.79 Å². The molecule has 1 fully saturated rings. The van der Waals surface area contributed by atoms with Crippen molar-refractivity contribution in [1.82, 2.24) is 0 Å². The van der Waals surface area contributed by atoms with Gasteiger partial charge in [-0.1, -0.05) is 0 Å². The second-order valence-electron chi connectivity index (χ2n) is 7.77. The minimum atomic E-state index is -1.34. The molecular weight excluding hydrogens is 436 g/mol. The monoisotopic (exact) mass is 458 g/mol. The van der Waals surface area contributed by atoms with Crippen molar-refractivity contribution >= 4 is 11.9 Å². The summed E-state index contributed by atoms with van der Waals surface area (Å²) in [5, 5.41) is 0. The molecule has 10 nitrogen and oxygen atoms in total. The van der Waals surface area contributed by atoms with Gasteiger partial charge in [0, 0.05) is 31.6 Å². The maximum absolute atomic E-state index is 13.0. The van der Waals surface area contributed by atoms with Gasteiger partial charge in [-0.05, 0) is 23.8 Å². The Kier molecular flexibility index (Phi) is 4.97. The predicted molar refractivity (Wildman–Crippen MR) is 110 cm³/mol. The first-order valence-corrected chi connectivity index (χ1v) is 10.2. The normalized spacial score (nSPS) is 24.3. The van der Waals surface area contributed by atoms with Crippen LogP contribution in [0.25, 0.3) is 0 Å². The number of esters is 2. The molecule has 0 amide bonds. The van der Waals surface area contributed by atoms with Crippen molar-refractivity contribution in [2.45, 2.75) is 18.6 Å². The molecule has 2 aromatic rings. The molecule has 10 heteroatoms. The average molecular weight is 458 g/mol. The standard InChI is InChI=1S/C23H22O10/c1-11(24)32-21-17(26-2)5-12(6-18(21)27-3)19-13-7-15-16(31-10-30-15)8-14(13)33-23(28-4)9-29-22(25)20(19)23/h5-8,19-20H,9-10H2,1-4H3/t19-,20+,23-/m1/s1. The Morgan fingerprint density at radius 1 is 0.970 bits per heavy atom. The van der Waals surface area contributed by atoms with E-state index in [4.69, 9.17) is 37.9 Å². The number of benzene rings is 2. The first kappa shape index (κ1) is 21.2. The van der Waals surface area contributed by atoms with E-state index in [1.165, 1.54) is 28.3 Å². The zero-order chi connectivity index (χ0) is 23.3.